The average Bonchev–Trinajstić information content (AvgIpc) is 3.24. The van der Waals surface area contributed by atoms with E-state index in [9.17, 15) is 9.18 Å². The van der Waals surface area contributed by atoms with E-state index in [0.29, 0.717) is 22.4 Å². The van der Waals surface area contributed by atoms with Crippen molar-refractivity contribution in [3.05, 3.63) is 83.6 Å². The number of carbonyl (C=O) groups is 1. The summed E-state index contributed by atoms with van der Waals surface area (Å²) in [6, 6.07) is 21.0. The molecule has 9 heteroatoms. The van der Waals surface area contributed by atoms with E-state index < -0.39 is 5.82 Å². The number of rotatable bonds is 7. The van der Waals surface area contributed by atoms with E-state index in [0.717, 1.165) is 17.3 Å². The number of para-hydroxylation sites is 1. The third-order valence-corrected chi connectivity index (χ3v) is 5.75. The number of nitrogens with zero attached hydrogens (tertiary/aromatic N) is 3. The molecule has 0 radical (unpaired) electrons. The van der Waals surface area contributed by atoms with Crippen molar-refractivity contribution in [1.82, 2.24) is 14.8 Å². The lowest BCUT2D eigenvalue weighted by Crippen LogP contribution is -2.15. The van der Waals surface area contributed by atoms with Crippen LogP contribution in [-0.2, 0) is 4.79 Å². The van der Waals surface area contributed by atoms with Crippen molar-refractivity contribution in [1.29, 1.82) is 0 Å². The molecule has 1 heterocycles. The van der Waals surface area contributed by atoms with Gasteiger partial charge in [0.15, 0.2) is 11.0 Å². The van der Waals surface area contributed by atoms with Crippen LogP contribution >= 0.6 is 23.4 Å². The second-order valence-corrected chi connectivity index (χ2v) is 8.02. The molecule has 162 valence electrons. The highest BCUT2D eigenvalue weighted by Gasteiger charge is 2.18. The van der Waals surface area contributed by atoms with E-state index in [4.69, 9.17) is 16.3 Å². The molecular formula is C23H18ClFN4O2S. The maximum atomic E-state index is 13.2. The van der Waals surface area contributed by atoms with Crippen LogP contribution in [0.15, 0.2) is 78.0 Å². The summed E-state index contributed by atoms with van der Waals surface area (Å²) in [6.07, 6.45) is 0. The van der Waals surface area contributed by atoms with Gasteiger partial charge in [0.25, 0.3) is 0 Å². The predicted molar refractivity (Wildman–Crippen MR) is 124 cm³/mol. The van der Waals surface area contributed by atoms with Crippen LogP contribution in [0.4, 0.5) is 10.1 Å². The Morgan fingerprint density at radius 3 is 2.66 bits per heavy atom. The number of anilines is 1. The summed E-state index contributed by atoms with van der Waals surface area (Å²) in [5.41, 5.74) is 2.04. The first-order valence-corrected chi connectivity index (χ1v) is 10.9. The van der Waals surface area contributed by atoms with Gasteiger partial charge in [0, 0.05) is 11.3 Å². The van der Waals surface area contributed by atoms with Gasteiger partial charge in [-0.1, -0.05) is 53.7 Å². The first-order valence-electron chi connectivity index (χ1n) is 9.58. The molecule has 0 aliphatic carbocycles. The number of thioether (sulfide) groups is 1. The second kappa shape index (κ2) is 9.84. The molecule has 4 aromatic rings. The number of amides is 1. The molecule has 6 nitrogen and oxygen atoms in total. The van der Waals surface area contributed by atoms with Gasteiger partial charge in [-0.15, -0.1) is 10.2 Å². The summed E-state index contributed by atoms with van der Waals surface area (Å²) in [6.45, 7) is 0. The molecule has 0 unspecified atom stereocenters. The molecule has 3 aromatic carbocycles. The van der Waals surface area contributed by atoms with E-state index >= 15 is 0 Å². The fraction of sp³-hybridized carbons (Fsp3) is 0.0870. The van der Waals surface area contributed by atoms with Crippen molar-refractivity contribution in [3.63, 3.8) is 0 Å². The quantitative estimate of drug-likeness (QED) is 0.364. The van der Waals surface area contributed by atoms with Crippen LogP contribution in [0.5, 0.6) is 5.75 Å². The zero-order valence-corrected chi connectivity index (χ0v) is 18.5. The number of benzene rings is 3. The van der Waals surface area contributed by atoms with Crippen molar-refractivity contribution in [2.45, 2.75) is 5.16 Å². The molecule has 0 saturated carbocycles. The predicted octanol–water partition coefficient (Wildman–Crippen LogP) is 5.47. The lowest BCUT2D eigenvalue weighted by molar-refractivity contribution is -0.113. The standard InChI is InChI=1S/C23H18ClFN4O2S/c1-31-18-9-5-6-15(12-18)22-27-28-23(29(22)17-7-3-2-4-8-17)32-14-21(30)26-20-11-10-16(25)13-19(20)24/h2-13H,14H2,1H3,(H,26,30). The Morgan fingerprint density at radius 1 is 1.09 bits per heavy atom. The summed E-state index contributed by atoms with van der Waals surface area (Å²) in [7, 11) is 1.61. The number of aromatic nitrogens is 3. The molecule has 0 atom stereocenters. The molecule has 1 amide bonds. The molecular weight excluding hydrogens is 451 g/mol. The van der Waals surface area contributed by atoms with Crippen molar-refractivity contribution >= 4 is 35.0 Å². The maximum Gasteiger partial charge on any atom is 0.234 e. The summed E-state index contributed by atoms with van der Waals surface area (Å²) < 4.78 is 20.4. The zero-order valence-electron chi connectivity index (χ0n) is 17.0. The minimum atomic E-state index is -0.469. The van der Waals surface area contributed by atoms with Crippen molar-refractivity contribution in [2.24, 2.45) is 0 Å². The summed E-state index contributed by atoms with van der Waals surface area (Å²) >= 11 is 7.23. The smallest absolute Gasteiger partial charge is 0.234 e. The number of hydrogen-bond acceptors (Lipinski definition) is 5. The van der Waals surface area contributed by atoms with Crippen LogP contribution in [0.2, 0.25) is 5.02 Å². The number of ether oxygens (including phenoxy) is 1. The first-order chi connectivity index (χ1) is 15.5. The third kappa shape index (κ3) is 4.92. The van der Waals surface area contributed by atoms with E-state index in [2.05, 4.69) is 15.5 Å². The SMILES string of the molecule is COc1cccc(-c2nnc(SCC(=O)Nc3ccc(F)cc3Cl)n2-c2ccccc2)c1. The highest BCUT2D eigenvalue weighted by atomic mass is 35.5. The van der Waals surface area contributed by atoms with Crippen LogP contribution < -0.4 is 10.1 Å². The monoisotopic (exact) mass is 468 g/mol. The Hall–Kier alpha value is -3.36. The van der Waals surface area contributed by atoms with Gasteiger partial charge < -0.3 is 10.1 Å². The lowest BCUT2D eigenvalue weighted by Gasteiger charge is -2.11. The molecule has 0 aliphatic heterocycles. The number of halogens is 2. The van der Waals surface area contributed by atoms with E-state index in [-0.39, 0.29) is 16.7 Å². The maximum absolute atomic E-state index is 13.2. The topological polar surface area (TPSA) is 69.0 Å². The van der Waals surface area contributed by atoms with E-state index in [1.807, 2.05) is 59.2 Å². The Morgan fingerprint density at radius 2 is 1.91 bits per heavy atom. The van der Waals surface area contributed by atoms with Gasteiger partial charge in [0.2, 0.25) is 5.91 Å². The molecule has 0 aliphatic rings. The Kier molecular flexibility index (Phi) is 6.72. The highest BCUT2D eigenvalue weighted by Crippen LogP contribution is 2.30. The molecule has 32 heavy (non-hydrogen) atoms. The zero-order chi connectivity index (χ0) is 22.5. The average molecular weight is 469 g/mol. The van der Waals surface area contributed by atoms with Gasteiger partial charge >= 0.3 is 0 Å². The molecule has 0 saturated heterocycles. The molecule has 0 fully saturated rings. The van der Waals surface area contributed by atoms with Crippen LogP contribution in [0, 0.1) is 5.82 Å². The van der Waals surface area contributed by atoms with Gasteiger partial charge in [0.1, 0.15) is 11.6 Å². The molecule has 4 rings (SSSR count). The molecule has 0 bridgehead atoms. The lowest BCUT2D eigenvalue weighted by atomic mass is 10.2. The van der Waals surface area contributed by atoms with Crippen molar-refractivity contribution in [3.8, 4) is 22.8 Å². The minimum Gasteiger partial charge on any atom is -0.497 e. The van der Waals surface area contributed by atoms with Gasteiger partial charge in [-0.25, -0.2) is 4.39 Å². The van der Waals surface area contributed by atoms with Crippen molar-refractivity contribution in [2.75, 3.05) is 18.2 Å². The van der Waals surface area contributed by atoms with Crippen LogP contribution in [0.1, 0.15) is 0 Å². The summed E-state index contributed by atoms with van der Waals surface area (Å²) in [4.78, 5) is 12.5. The first kappa shape index (κ1) is 21.9. The molecule has 0 spiro atoms. The summed E-state index contributed by atoms with van der Waals surface area (Å²) in [5.74, 6) is 0.628. The van der Waals surface area contributed by atoms with E-state index in [1.54, 1.807) is 7.11 Å². The number of carbonyl (C=O) groups excluding carboxylic acids is 1. The van der Waals surface area contributed by atoms with Crippen LogP contribution in [-0.4, -0.2) is 33.5 Å². The fourth-order valence-corrected chi connectivity index (χ4v) is 4.00. The Balaban J connectivity index is 1.60. The number of nitrogens with one attached hydrogen (secondary N) is 1. The highest BCUT2D eigenvalue weighted by molar-refractivity contribution is 7.99. The van der Waals surface area contributed by atoms with Gasteiger partial charge in [-0.2, -0.15) is 0 Å². The number of methoxy groups -OCH3 is 1. The summed E-state index contributed by atoms with van der Waals surface area (Å²) in [5, 5.41) is 12.1. The fourth-order valence-electron chi connectivity index (χ4n) is 3.03. The Labute approximate surface area is 193 Å². The van der Waals surface area contributed by atoms with Crippen molar-refractivity contribution < 1.29 is 13.9 Å². The van der Waals surface area contributed by atoms with Gasteiger partial charge in [-0.05, 0) is 42.5 Å². The molecule has 1 N–H and O–H groups in total. The van der Waals surface area contributed by atoms with Crippen LogP contribution in [0.3, 0.4) is 0 Å². The normalized spacial score (nSPS) is 10.7. The van der Waals surface area contributed by atoms with Gasteiger partial charge in [-0.3, -0.25) is 9.36 Å². The van der Waals surface area contributed by atoms with Gasteiger partial charge in [0.05, 0.1) is 23.6 Å². The Bertz CT molecular complexity index is 1250. The number of hydrogen-bond donors (Lipinski definition) is 1. The van der Waals surface area contributed by atoms with E-state index in [1.165, 1.54) is 23.9 Å². The second-order valence-electron chi connectivity index (χ2n) is 6.67. The minimum absolute atomic E-state index is 0.0663. The van der Waals surface area contributed by atoms with Crippen LogP contribution in [0.25, 0.3) is 17.1 Å². The molecule has 1 aromatic heterocycles. The third-order valence-electron chi connectivity index (χ3n) is 4.51. The largest absolute Gasteiger partial charge is 0.497 e.